The first-order valence-electron chi connectivity index (χ1n) is 12.0. The molecule has 0 amide bonds. The number of para-hydroxylation sites is 1. The third-order valence-corrected chi connectivity index (χ3v) is 4.53. The van der Waals surface area contributed by atoms with Crippen LogP contribution in [0.2, 0.25) is 0 Å². The number of carbonyl (C=O) groups is 4. The zero-order valence-corrected chi connectivity index (χ0v) is 23.1. The lowest BCUT2D eigenvalue weighted by atomic mass is 10.1. The van der Waals surface area contributed by atoms with Gasteiger partial charge in [-0.3, -0.25) is 0 Å². The number of aliphatic carboxylic acids is 1. The summed E-state index contributed by atoms with van der Waals surface area (Å²) in [5.74, 6) is -1.53. The van der Waals surface area contributed by atoms with E-state index in [9.17, 15) is 19.2 Å². The molecule has 0 radical (unpaired) electrons. The minimum absolute atomic E-state index is 0.172. The van der Waals surface area contributed by atoms with E-state index in [4.69, 9.17) is 19.3 Å². The second kappa shape index (κ2) is 21.1. The number of carbonyl (C=O) groups excluding carboxylic acids is 3. The van der Waals surface area contributed by atoms with Gasteiger partial charge in [-0.15, -0.1) is 0 Å². The molecule has 0 bridgehead atoms. The molecular weight excluding hydrogens is 516 g/mol. The van der Waals surface area contributed by atoms with Crippen LogP contribution in [0.15, 0.2) is 109 Å². The van der Waals surface area contributed by atoms with Crippen LogP contribution in [0, 0.1) is 0 Å². The maximum absolute atomic E-state index is 11.6. The van der Waals surface area contributed by atoms with E-state index >= 15 is 0 Å². The summed E-state index contributed by atoms with van der Waals surface area (Å²) in [6.07, 6.45) is 2.74. The average Bonchev–Trinajstić information content (AvgIpc) is 2.97. The lowest BCUT2D eigenvalue weighted by molar-refractivity contribution is -0.140. The minimum atomic E-state index is -1.01. The fourth-order valence-corrected chi connectivity index (χ4v) is 2.32. The van der Waals surface area contributed by atoms with Gasteiger partial charge in [0.25, 0.3) is 0 Å². The summed E-state index contributed by atoms with van der Waals surface area (Å²) in [7, 11) is 1.33. The van der Waals surface area contributed by atoms with Crippen LogP contribution in [0.4, 0.5) is 0 Å². The second-order valence-electron chi connectivity index (χ2n) is 7.87. The zero-order valence-electron chi connectivity index (χ0n) is 23.1. The molecule has 0 unspecified atom stereocenters. The number of allylic oxidation sites excluding steroid dienone is 1. The first-order valence-corrected chi connectivity index (χ1v) is 12.0. The fraction of sp³-hybridized carbons (Fsp3) is 0.226. The monoisotopic (exact) mass is 552 g/mol. The third kappa shape index (κ3) is 17.5. The van der Waals surface area contributed by atoms with Crippen molar-refractivity contribution in [1.29, 1.82) is 0 Å². The van der Waals surface area contributed by atoms with Crippen molar-refractivity contribution >= 4 is 23.9 Å². The summed E-state index contributed by atoms with van der Waals surface area (Å²) in [6.45, 7) is 14.1. The lowest BCUT2D eigenvalue weighted by Gasteiger charge is -2.05. The van der Waals surface area contributed by atoms with Gasteiger partial charge in [-0.2, -0.15) is 0 Å². The third-order valence-electron chi connectivity index (χ3n) is 4.53. The molecule has 0 spiro atoms. The van der Waals surface area contributed by atoms with Crippen molar-refractivity contribution < 1.29 is 43.2 Å². The molecule has 0 aliphatic rings. The van der Waals surface area contributed by atoms with Gasteiger partial charge < -0.3 is 24.1 Å². The van der Waals surface area contributed by atoms with Gasteiger partial charge in [0, 0.05) is 22.8 Å². The minimum Gasteiger partial charge on any atom is -0.490 e. The van der Waals surface area contributed by atoms with Crippen LogP contribution in [-0.2, 0) is 40.0 Å². The highest BCUT2D eigenvalue weighted by molar-refractivity contribution is 5.89. The van der Waals surface area contributed by atoms with Gasteiger partial charge in [0.1, 0.15) is 25.6 Å². The molecule has 2 aromatic carbocycles. The first kappa shape index (κ1) is 35.1. The van der Waals surface area contributed by atoms with Crippen molar-refractivity contribution in [3.05, 3.63) is 115 Å². The first-order chi connectivity index (χ1) is 19.0. The van der Waals surface area contributed by atoms with Crippen molar-refractivity contribution in [1.82, 2.24) is 0 Å². The number of ether oxygens (including phenoxy) is 4. The summed E-state index contributed by atoms with van der Waals surface area (Å²) < 4.78 is 19.4. The van der Waals surface area contributed by atoms with Crippen LogP contribution in [0.3, 0.4) is 0 Å². The Morgan fingerprint density at radius 1 is 0.850 bits per heavy atom. The van der Waals surface area contributed by atoms with E-state index in [0.717, 1.165) is 17.4 Å². The van der Waals surface area contributed by atoms with Crippen LogP contribution in [-0.4, -0.2) is 49.3 Å². The number of carboxylic acid groups (broad SMARTS) is 1. The molecular formula is C31H36O9. The van der Waals surface area contributed by atoms with E-state index in [1.165, 1.54) is 20.1 Å². The largest absolute Gasteiger partial charge is 0.490 e. The lowest BCUT2D eigenvalue weighted by Crippen LogP contribution is -2.09. The Kier molecular flexibility index (Phi) is 18.5. The van der Waals surface area contributed by atoms with Gasteiger partial charge in [-0.25, -0.2) is 19.2 Å². The van der Waals surface area contributed by atoms with Crippen LogP contribution in [0.5, 0.6) is 5.75 Å². The van der Waals surface area contributed by atoms with Gasteiger partial charge in [-0.1, -0.05) is 74.3 Å². The molecule has 0 heterocycles. The SMILES string of the molecule is C=C(C)C(=O)OC.C=C(CC=C(C)C(=O)O)C(=O)OCc1ccccc1.C=CC(=O)OCCOc1ccccc1. The maximum Gasteiger partial charge on any atom is 0.334 e. The molecule has 0 saturated carbocycles. The fourth-order valence-electron chi connectivity index (χ4n) is 2.32. The summed E-state index contributed by atoms with van der Waals surface area (Å²) in [5, 5.41) is 8.67. The Morgan fingerprint density at radius 3 is 1.90 bits per heavy atom. The summed E-state index contributed by atoms with van der Waals surface area (Å²) in [5.41, 5.74) is 1.73. The topological polar surface area (TPSA) is 125 Å². The molecule has 1 N–H and O–H groups in total. The molecule has 0 aliphatic heterocycles. The summed E-state index contributed by atoms with van der Waals surface area (Å²) in [4.78, 5) is 43.0. The highest BCUT2D eigenvalue weighted by Gasteiger charge is 2.08. The van der Waals surface area contributed by atoms with Gasteiger partial charge in [0.15, 0.2) is 0 Å². The number of rotatable bonds is 12. The van der Waals surface area contributed by atoms with E-state index in [-0.39, 0.29) is 36.8 Å². The van der Waals surface area contributed by atoms with E-state index in [0.29, 0.717) is 12.2 Å². The second-order valence-corrected chi connectivity index (χ2v) is 7.87. The molecule has 9 heteroatoms. The Hall–Kier alpha value is -4.92. The highest BCUT2D eigenvalue weighted by atomic mass is 16.6. The van der Waals surface area contributed by atoms with Gasteiger partial charge >= 0.3 is 23.9 Å². The normalized spacial score (nSPS) is 9.72. The zero-order chi connectivity index (χ0) is 30.3. The van der Waals surface area contributed by atoms with Gasteiger partial charge in [-0.05, 0) is 38.0 Å². The van der Waals surface area contributed by atoms with Crippen LogP contribution >= 0.6 is 0 Å². The molecule has 9 nitrogen and oxygen atoms in total. The standard InChI is InChI=1S/C15H16O4.C11H12O3.C5H8O2/c1-11(14(16)17)8-9-12(2)15(18)19-10-13-6-4-3-5-7-13;1-2-11(12)14-9-8-13-10-6-4-3-5-7-10;1-4(2)5(6)7-3/h3-8H,2,9-10H2,1H3,(H,16,17);2-7H,1,8-9H2;1H2,2-3H3. The maximum atomic E-state index is 11.6. The van der Waals surface area contributed by atoms with Crippen molar-refractivity contribution in [3.63, 3.8) is 0 Å². The number of hydrogen-bond donors (Lipinski definition) is 1. The number of benzene rings is 2. The molecule has 0 saturated heterocycles. The van der Waals surface area contributed by atoms with Crippen LogP contribution < -0.4 is 4.74 Å². The van der Waals surface area contributed by atoms with E-state index in [2.05, 4.69) is 24.5 Å². The smallest absolute Gasteiger partial charge is 0.334 e. The molecule has 0 aliphatic carbocycles. The van der Waals surface area contributed by atoms with E-state index in [1.807, 2.05) is 60.7 Å². The van der Waals surface area contributed by atoms with Crippen LogP contribution in [0.25, 0.3) is 0 Å². The molecule has 40 heavy (non-hydrogen) atoms. The van der Waals surface area contributed by atoms with E-state index < -0.39 is 17.9 Å². The van der Waals surface area contributed by atoms with Crippen LogP contribution in [0.1, 0.15) is 25.8 Å². The highest BCUT2D eigenvalue weighted by Crippen LogP contribution is 2.09. The molecule has 0 fully saturated rings. The Labute approximate surface area is 235 Å². The number of carboxylic acids is 1. The van der Waals surface area contributed by atoms with Crippen molar-refractivity contribution in [3.8, 4) is 5.75 Å². The molecule has 2 rings (SSSR count). The molecule has 2 aromatic rings. The number of hydrogen-bond acceptors (Lipinski definition) is 8. The predicted molar refractivity (Wildman–Crippen MR) is 151 cm³/mol. The van der Waals surface area contributed by atoms with Gasteiger partial charge in [0.05, 0.1) is 7.11 Å². The number of methoxy groups -OCH3 is 1. The average molecular weight is 553 g/mol. The van der Waals surface area contributed by atoms with Gasteiger partial charge in [0.2, 0.25) is 0 Å². The quantitative estimate of drug-likeness (QED) is 0.163. The van der Waals surface area contributed by atoms with Crippen molar-refractivity contribution in [2.75, 3.05) is 20.3 Å². The Balaban J connectivity index is 0.000000634. The predicted octanol–water partition coefficient (Wildman–Crippen LogP) is 5.24. The van der Waals surface area contributed by atoms with E-state index in [1.54, 1.807) is 6.92 Å². The summed E-state index contributed by atoms with van der Waals surface area (Å²) in [6, 6.07) is 18.7. The Bertz CT molecular complexity index is 1150. The summed E-state index contributed by atoms with van der Waals surface area (Å²) >= 11 is 0. The molecule has 0 aromatic heterocycles. The molecule has 214 valence electrons. The van der Waals surface area contributed by atoms with Crippen molar-refractivity contribution in [2.24, 2.45) is 0 Å². The molecule has 0 atom stereocenters. The number of esters is 3. The van der Waals surface area contributed by atoms with Crippen molar-refractivity contribution in [2.45, 2.75) is 26.9 Å². The Morgan fingerprint density at radius 2 is 1.43 bits per heavy atom.